The summed E-state index contributed by atoms with van der Waals surface area (Å²) in [5, 5.41) is 10.2. The molecule has 0 aliphatic rings. The zero-order valence-corrected chi connectivity index (χ0v) is 8.12. The SMILES string of the molecule is C/C=C/C=C(\O)c1ccc(Cl)cc1. The molecular formula is C11H11ClO. The summed E-state index contributed by atoms with van der Waals surface area (Å²) in [6.45, 7) is 1.89. The molecule has 0 spiro atoms. The molecule has 0 radical (unpaired) electrons. The van der Waals surface area contributed by atoms with Gasteiger partial charge in [-0.2, -0.15) is 0 Å². The summed E-state index contributed by atoms with van der Waals surface area (Å²) < 4.78 is 0. The molecule has 0 fully saturated rings. The number of hydrogen-bond acceptors (Lipinski definition) is 1. The lowest BCUT2D eigenvalue weighted by atomic mass is 10.2. The highest BCUT2D eigenvalue weighted by molar-refractivity contribution is 6.30. The van der Waals surface area contributed by atoms with Gasteiger partial charge in [0.2, 0.25) is 0 Å². The Balaban J connectivity index is 2.89. The standard InChI is InChI=1S/C11H11ClO/c1-2-3-4-11(13)9-5-7-10(12)8-6-9/h2-8,13H,1H3/b3-2+,11-4-. The first kappa shape index (κ1) is 9.87. The number of benzene rings is 1. The molecule has 0 aliphatic heterocycles. The highest BCUT2D eigenvalue weighted by atomic mass is 35.5. The average molecular weight is 195 g/mol. The van der Waals surface area contributed by atoms with Gasteiger partial charge in [0.25, 0.3) is 0 Å². The number of aliphatic hydroxyl groups is 1. The number of hydrogen-bond donors (Lipinski definition) is 1. The van der Waals surface area contributed by atoms with Gasteiger partial charge in [0, 0.05) is 10.6 Å². The molecule has 1 N–H and O–H groups in total. The lowest BCUT2D eigenvalue weighted by molar-refractivity contribution is 0.512. The zero-order chi connectivity index (χ0) is 9.68. The van der Waals surface area contributed by atoms with Crippen molar-refractivity contribution in [2.45, 2.75) is 6.92 Å². The fourth-order valence-electron chi connectivity index (χ4n) is 0.904. The zero-order valence-electron chi connectivity index (χ0n) is 7.37. The Morgan fingerprint density at radius 2 is 1.92 bits per heavy atom. The Kier molecular flexibility index (Phi) is 3.59. The first-order chi connectivity index (χ1) is 6.24. The molecule has 1 rings (SSSR count). The Morgan fingerprint density at radius 3 is 2.46 bits per heavy atom. The van der Waals surface area contributed by atoms with Crippen molar-refractivity contribution < 1.29 is 5.11 Å². The average Bonchev–Trinajstić information content (AvgIpc) is 2.15. The molecule has 1 aromatic rings. The number of rotatable bonds is 2. The van der Waals surface area contributed by atoms with Gasteiger partial charge >= 0.3 is 0 Å². The molecule has 0 aliphatic carbocycles. The van der Waals surface area contributed by atoms with E-state index in [1.165, 1.54) is 0 Å². The first-order valence-corrected chi connectivity index (χ1v) is 4.39. The summed E-state index contributed by atoms with van der Waals surface area (Å²) in [7, 11) is 0. The summed E-state index contributed by atoms with van der Waals surface area (Å²) in [6.07, 6.45) is 5.28. The van der Waals surface area contributed by atoms with Crippen molar-refractivity contribution in [3.05, 3.63) is 53.1 Å². The highest BCUT2D eigenvalue weighted by Gasteiger charge is 1.95. The summed E-state index contributed by atoms with van der Waals surface area (Å²) in [4.78, 5) is 0. The molecule has 0 aromatic heterocycles. The van der Waals surface area contributed by atoms with E-state index in [0.717, 1.165) is 5.56 Å². The maximum Gasteiger partial charge on any atom is 0.122 e. The van der Waals surface area contributed by atoms with Crippen LogP contribution in [-0.2, 0) is 0 Å². The second kappa shape index (κ2) is 4.73. The van der Waals surface area contributed by atoms with Crippen molar-refractivity contribution in [1.82, 2.24) is 0 Å². The normalized spacial score (nSPS) is 12.3. The lowest BCUT2D eigenvalue weighted by Crippen LogP contribution is -1.80. The molecular weight excluding hydrogens is 184 g/mol. The van der Waals surface area contributed by atoms with Gasteiger partial charge in [-0.1, -0.05) is 23.8 Å². The van der Waals surface area contributed by atoms with E-state index in [0.29, 0.717) is 5.02 Å². The van der Waals surface area contributed by atoms with E-state index in [-0.39, 0.29) is 5.76 Å². The molecule has 1 aromatic carbocycles. The highest BCUT2D eigenvalue weighted by Crippen LogP contribution is 2.15. The first-order valence-electron chi connectivity index (χ1n) is 4.02. The predicted molar refractivity (Wildman–Crippen MR) is 56.9 cm³/mol. The summed E-state index contributed by atoms with van der Waals surface area (Å²) >= 11 is 5.71. The molecule has 0 amide bonds. The van der Waals surface area contributed by atoms with Crippen molar-refractivity contribution in [3.8, 4) is 0 Å². The van der Waals surface area contributed by atoms with Crippen molar-refractivity contribution in [1.29, 1.82) is 0 Å². The van der Waals surface area contributed by atoms with Crippen LogP contribution in [0.5, 0.6) is 0 Å². The monoisotopic (exact) mass is 194 g/mol. The Bertz CT molecular complexity index is 322. The number of allylic oxidation sites excluding steroid dienone is 3. The summed E-state index contributed by atoms with van der Waals surface area (Å²) in [5.74, 6) is 0.245. The maximum absolute atomic E-state index is 9.51. The predicted octanol–water partition coefficient (Wildman–Crippen LogP) is 3.82. The van der Waals surface area contributed by atoms with Crippen LogP contribution in [-0.4, -0.2) is 5.11 Å². The van der Waals surface area contributed by atoms with Crippen LogP contribution in [0.3, 0.4) is 0 Å². The van der Waals surface area contributed by atoms with Gasteiger partial charge in [-0.3, -0.25) is 0 Å². The van der Waals surface area contributed by atoms with E-state index >= 15 is 0 Å². The van der Waals surface area contributed by atoms with Gasteiger partial charge in [0.15, 0.2) is 0 Å². The van der Waals surface area contributed by atoms with Crippen LogP contribution in [0.2, 0.25) is 5.02 Å². The van der Waals surface area contributed by atoms with E-state index in [4.69, 9.17) is 11.6 Å². The third-order valence-corrected chi connectivity index (χ3v) is 1.84. The molecule has 2 heteroatoms. The second-order valence-electron chi connectivity index (χ2n) is 2.58. The van der Waals surface area contributed by atoms with Crippen molar-refractivity contribution in [3.63, 3.8) is 0 Å². The van der Waals surface area contributed by atoms with Crippen LogP contribution in [0, 0.1) is 0 Å². The van der Waals surface area contributed by atoms with Gasteiger partial charge in [0.1, 0.15) is 5.76 Å². The van der Waals surface area contributed by atoms with Crippen molar-refractivity contribution in [2.75, 3.05) is 0 Å². The summed E-state index contributed by atoms with van der Waals surface area (Å²) in [6, 6.07) is 7.04. The Hall–Kier alpha value is -1.21. The molecule has 0 bridgehead atoms. The molecule has 1 nitrogen and oxygen atoms in total. The van der Waals surface area contributed by atoms with E-state index < -0.39 is 0 Å². The van der Waals surface area contributed by atoms with Crippen molar-refractivity contribution in [2.24, 2.45) is 0 Å². The molecule has 0 unspecified atom stereocenters. The smallest absolute Gasteiger partial charge is 0.122 e. The van der Waals surface area contributed by atoms with Crippen LogP contribution in [0.1, 0.15) is 12.5 Å². The van der Waals surface area contributed by atoms with Crippen LogP contribution >= 0.6 is 11.6 Å². The molecule has 0 saturated heterocycles. The minimum atomic E-state index is 0.245. The van der Waals surface area contributed by atoms with E-state index in [1.54, 1.807) is 36.4 Å². The number of halogens is 1. The Labute approximate surface area is 83.0 Å². The van der Waals surface area contributed by atoms with Crippen LogP contribution in [0.15, 0.2) is 42.5 Å². The van der Waals surface area contributed by atoms with Crippen LogP contribution in [0.25, 0.3) is 5.76 Å². The minimum Gasteiger partial charge on any atom is -0.507 e. The molecule has 13 heavy (non-hydrogen) atoms. The van der Waals surface area contributed by atoms with Crippen LogP contribution in [0.4, 0.5) is 0 Å². The van der Waals surface area contributed by atoms with E-state index in [9.17, 15) is 5.11 Å². The fourth-order valence-corrected chi connectivity index (χ4v) is 1.03. The van der Waals surface area contributed by atoms with Gasteiger partial charge in [0.05, 0.1) is 0 Å². The topological polar surface area (TPSA) is 20.2 Å². The second-order valence-corrected chi connectivity index (χ2v) is 3.02. The van der Waals surface area contributed by atoms with Gasteiger partial charge < -0.3 is 5.11 Å². The molecule has 0 atom stereocenters. The number of aliphatic hydroxyl groups excluding tert-OH is 1. The summed E-state index contributed by atoms with van der Waals surface area (Å²) in [5.41, 5.74) is 0.766. The van der Waals surface area contributed by atoms with E-state index in [2.05, 4.69) is 0 Å². The Morgan fingerprint density at radius 1 is 1.31 bits per heavy atom. The molecule has 0 heterocycles. The molecule has 0 saturated carbocycles. The van der Waals surface area contributed by atoms with Gasteiger partial charge in [-0.25, -0.2) is 0 Å². The van der Waals surface area contributed by atoms with Gasteiger partial charge in [-0.05, 0) is 37.3 Å². The van der Waals surface area contributed by atoms with E-state index in [1.807, 2.05) is 13.0 Å². The van der Waals surface area contributed by atoms with Gasteiger partial charge in [-0.15, -0.1) is 0 Å². The van der Waals surface area contributed by atoms with Crippen molar-refractivity contribution >= 4 is 17.4 Å². The van der Waals surface area contributed by atoms with Crippen LogP contribution < -0.4 is 0 Å². The minimum absolute atomic E-state index is 0.245. The fraction of sp³-hybridized carbons (Fsp3) is 0.0909. The quantitative estimate of drug-likeness (QED) is 0.561. The third kappa shape index (κ3) is 2.96. The maximum atomic E-state index is 9.51. The molecule has 68 valence electrons. The largest absolute Gasteiger partial charge is 0.507 e. The third-order valence-electron chi connectivity index (χ3n) is 1.59. The lowest BCUT2D eigenvalue weighted by Gasteiger charge is -1.98.